The van der Waals surface area contributed by atoms with Crippen LogP contribution in [0.4, 0.5) is 0 Å². The Morgan fingerprint density at radius 3 is 2.66 bits per heavy atom. The van der Waals surface area contributed by atoms with Gasteiger partial charge in [-0.05, 0) is 60.2 Å². The van der Waals surface area contributed by atoms with Gasteiger partial charge >= 0.3 is 0 Å². The van der Waals surface area contributed by atoms with Crippen LogP contribution in [-0.4, -0.2) is 79.7 Å². The van der Waals surface area contributed by atoms with Gasteiger partial charge in [-0.2, -0.15) is 0 Å². The number of aryl methyl sites for hydroxylation is 1. The van der Waals surface area contributed by atoms with Gasteiger partial charge in [0.25, 0.3) is 11.8 Å². The number of carbonyl (C=O) groups is 4. The Labute approximate surface area is 223 Å². The van der Waals surface area contributed by atoms with Crippen LogP contribution in [0.5, 0.6) is 0 Å². The Hall–Kier alpha value is -3.56. The van der Waals surface area contributed by atoms with Crippen molar-refractivity contribution in [2.75, 3.05) is 39.9 Å². The lowest BCUT2D eigenvalue weighted by atomic mass is 10.0. The molecular weight excluding hydrogens is 484 g/mol. The molecule has 9 heteroatoms. The zero-order valence-electron chi connectivity index (χ0n) is 22.1. The van der Waals surface area contributed by atoms with E-state index in [1.807, 2.05) is 30.3 Å². The number of amides is 3. The van der Waals surface area contributed by atoms with Gasteiger partial charge in [-0.25, -0.2) is 0 Å². The Kier molecular flexibility index (Phi) is 9.25. The second kappa shape index (κ2) is 12.8. The third-order valence-electron chi connectivity index (χ3n) is 7.35. The fraction of sp³-hybridized carbons (Fsp3) is 0.448. The summed E-state index contributed by atoms with van der Waals surface area (Å²) < 4.78 is 5.42. The molecule has 2 aromatic rings. The normalized spacial score (nSPS) is 16.2. The number of hydrogen-bond acceptors (Lipinski definition) is 6. The maximum atomic E-state index is 13.0. The predicted molar refractivity (Wildman–Crippen MR) is 143 cm³/mol. The topological polar surface area (TPSA) is 108 Å². The highest BCUT2D eigenvalue weighted by molar-refractivity contribution is 6.01. The summed E-state index contributed by atoms with van der Waals surface area (Å²) >= 11 is 0. The first-order valence-corrected chi connectivity index (χ1v) is 13.2. The fourth-order valence-corrected chi connectivity index (χ4v) is 5.05. The number of carbonyl (C=O) groups excluding carboxylic acids is 4. The minimum Gasteiger partial charge on any atom is -0.379 e. The van der Waals surface area contributed by atoms with E-state index >= 15 is 0 Å². The third-order valence-corrected chi connectivity index (χ3v) is 7.35. The highest BCUT2D eigenvalue weighted by Gasteiger charge is 2.35. The molecule has 1 atom stereocenters. The summed E-state index contributed by atoms with van der Waals surface area (Å²) in [6, 6.07) is 10.6. The number of benzene rings is 2. The van der Waals surface area contributed by atoms with E-state index in [0.29, 0.717) is 17.7 Å². The first-order chi connectivity index (χ1) is 18.4. The minimum atomic E-state index is -0.702. The Bertz CT molecular complexity index is 1190. The molecule has 2 N–H and O–H groups in total. The lowest BCUT2D eigenvalue weighted by Gasteiger charge is -2.26. The number of ether oxygens (including phenoxy) is 1. The van der Waals surface area contributed by atoms with Crippen LogP contribution in [-0.2, 0) is 33.8 Å². The SMILES string of the molecule is CNC(=O)C(CCC=O)N1Cc2cc(CNC(=O)c3ccc(C)c(CCN4CCOCC4)c3)ccc2C1=O. The van der Waals surface area contributed by atoms with Gasteiger partial charge in [0.1, 0.15) is 12.3 Å². The number of nitrogens with zero attached hydrogens (tertiary/aromatic N) is 2. The van der Waals surface area contributed by atoms with Crippen LogP contribution in [0.2, 0.25) is 0 Å². The molecule has 2 aromatic carbocycles. The number of nitrogens with one attached hydrogen (secondary N) is 2. The summed E-state index contributed by atoms with van der Waals surface area (Å²) in [4.78, 5) is 53.1. The van der Waals surface area contributed by atoms with Crippen LogP contribution >= 0.6 is 0 Å². The zero-order chi connectivity index (χ0) is 27.1. The maximum absolute atomic E-state index is 13.0. The van der Waals surface area contributed by atoms with E-state index in [0.717, 1.165) is 56.7 Å². The van der Waals surface area contributed by atoms with E-state index in [4.69, 9.17) is 4.74 Å². The van der Waals surface area contributed by atoms with Crippen LogP contribution in [0.25, 0.3) is 0 Å². The van der Waals surface area contributed by atoms with E-state index in [2.05, 4.69) is 22.5 Å². The molecule has 0 aliphatic carbocycles. The average Bonchev–Trinajstić information content (AvgIpc) is 3.27. The number of morpholine rings is 1. The van der Waals surface area contributed by atoms with E-state index in [1.54, 1.807) is 6.07 Å². The van der Waals surface area contributed by atoms with Crippen LogP contribution in [0.15, 0.2) is 36.4 Å². The Morgan fingerprint density at radius 2 is 1.92 bits per heavy atom. The number of rotatable bonds is 11. The zero-order valence-corrected chi connectivity index (χ0v) is 22.1. The molecule has 1 fully saturated rings. The van der Waals surface area contributed by atoms with Crippen molar-refractivity contribution in [2.24, 2.45) is 0 Å². The van der Waals surface area contributed by atoms with Crippen molar-refractivity contribution in [3.63, 3.8) is 0 Å². The largest absolute Gasteiger partial charge is 0.379 e. The maximum Gasteiger partial charge on any atom is 0.255 e. The molecule has 9 nitrogen and oxygen atoms in total. The fourth-order valence-electron chi connectivity index (χ4n) is 5.05. The first kappa shape index (κ1) is 27.5. The van der Waals surface area contributed by atoms with Gasteiger partial charge in [0, 0.05) is 57.3 Å². The molecule has 38 heavy (non-hydrogen) atoms. The smallest absolute Gasteiger partial charge is 0.255 e. The number of aldehydes is 1. The molecular formula is C29H36N4O5. The Balaban J connectivity index is 1.37. The summed E-state index contributed by atoms with van der Waals surface area (Å²) in [5.74, 6) is -0.661. The van der Waals surface area contributed by atoms with Gasteiger partial charge < -0.3 is 25.1 Å². The minimum absolute atomic E-state index is 0.149. The molecule has 0 spiro atoms. The molecule has 1 saturated heterocycles. The number of hydrogen-bond donors (Lipinski definition) is 2. The molecule has 2 heterocycles. The highest BCUT2D eigenvalue weighted by Crippen LogP contribution is 2.27. The Morgan fingerprint density at radius 1 is 1.13 bits per heavy atom. The molecule has 3 amide bonds. The van der Waals surface area contributed by atoms with Gasteiger partial charge in [0.05, 0.1) is 13.2 Å². The number of fused-ring (bicyclic) bond motifs is 1. The first-order valence-electron chi connectivity index (χ1n) is 13.2. The summed E-state index contributed by atoms with van der Waals surface area (Å²) in [6.07, 6.45) is 2.11. The monoisotopic (exact) mass is 520 g/mol. The molecule has 2 aliphatic heterocycles. The van der Waals surface area contributed by atoms with Crippen molar-refractivity contribution < 1.29 is 23.9 Å². The van der Waals surface area contributed by atoms with Crippen molar-refractivity contribution in [1.82, 2.24) is 20.4 Å². The van der Waals surface area contributed by atoms with E-state index in [1.165, 1.54) is 23.1 Å². The lowest BCUT2D eigenvalue weighted by molar-refractivity contribution is -0.125. The van der Waals surface area contributed by atoms with Crippen LogP contribution in [0, 0.1) is 6.92 Å². The van der Waals surface area contributed by atoms with Crippen molar-refractivity contribution >= 4 is 24.0 Å². The van der Waals surface area contributed by atoms with Crippen molar-refractivity contribution in [3.8, 4) is 0 Å². The standard InChI is InChI=1S/C29H36N4O5/c1-20-5-7-23(17-22(20)9-10-32-11-14-38-15-12-32)27(35)31-18-21-6-8-25-24(16-21)19-33(29(25)37)26(4-3-13-34)28(36)30-2/h5-8,13,16-17,26H,3-4,9-12,14-15,18-19H2,1-2H3,(H,30,36)(H,31,35). The van der Waals surface area contributed by atoms with Crippen LogP contribution in [0.1, 0.15) is 55.8 Å². The molecule has 0 radical (unpaired) electrons. The molecule has 4 rings (SSSR count). The summed E-state index contributed by atoms with van der Waals surface area (Å²) in [5, 5.41) is 5.58. The van der Waals surface area contributed by atoms with E-state index in [-0.39, 0.29) is 37.1 Å². The number of likely N-dealkylation sites (N-methyl/N-ethyl adjacent to an activating group) is 1. The van der Waals surface area contributed by atoms with Gasteiger partial charge in [0.2, 0.25) is 5.91 Å². The summed E-state index contributed by atoms with van der Waals surface area (Å²) in [6.45, 7) is 7.03. The second-order valence-electron chi connectivity index (χ2n) is 9.83. The van der Waals surface area contributed by atoms with Gasteiger partial charge in [0.15, 0.2) is 0 Å². The predicted octanol–water partition coefficient (Wildman–Crippen LogP) is 1.85. The second-order valence-corrected chi connectivity index (χ2v) is 9.83. The van der Waals surface area contributed by atoms with Gasteiger partial charge in [-0.15, -0.1) is 0 Å². The van der Waals surface area contributed by atoms with Crippen molar-refractivity contribution in [1.29, 1.82) is 0 Å². The van der Waals surface area contributed by atoms with E-state index < -0.39 is 6.04 Å². The highest BCUT2D eigenvalue weighted by atomic mass is 16.5. The summed E-state index contributed by atoms with van der Waals surface area (Å²) in [5.41, 5.74) is 5.19. The van der Waals surface area contributed by atoms with Gasteiger partial charge in [-0.3, -0.25) is 19.3 Å². The lowest BCUT2D eigenvalue weighted by Crippen LogP contribution is -2.46. The van der Waals surface area contributed by atoms with Crippen molar-refractivity contribution in [3.05, 3.63) is 69.8 Å². The average molecular weight is 521 g/mol. The third kappa shape index (κ3) is 6.46. The molecule has 0 saturated carbocycles. The molecule has 0 aromatic heterocycles. The molecule has 202 valence electrons. The van der Waals surface area contributed by atoms with Crippen molar-refractivity contribution in [2.45, 2.75) is 45.3 Å². The molecule has 0 bridgehead atoms. The van der Waals surface area contributed by atoms with E-state index in [9.17, 15) is 19.2 Å². The van der Waals surface area contributed by atoms with Crippen LogP contribution < -0.4 is 10.6 Å². The summed E-state index contributed by atoms with van der Waals surface area (Å²) in [7, 11) is 1.52. The molecule has 2 aliphatic rings. The molecule has 1 unspecified atom stereocenters. The quantitative estimate of drug-likeness (QED) is 0.438. The van der Waals surface area contributed by atoms with Gasteiger partial charge in [-0.1, -0.05) is 18.2 Å². The van der Waals surface area contributed by atoms with Crippen LogP contribution in [0.3, 0.4) is 0 Å².